The second-order valence-electron chi connectivity index (χ2n) is 11.8. The smallest absolute Gasteiger partial charge is 0.408 e. The molecule has 0 spiro atoms. The molecule has 6 rings (SSSR count). The van der Waals surface area contributed by atoms with Crippen LogP contribution in [0.2, 0.25) is 0 Å². The Balaban J connectivity index is 1.26. The van der Waals surface area contributed by atoms with E-state index in [2.05, 4.69) is 15.6 Å². The molecule has 0 saturated heterocycles. The molecule has 2 aromatic carbocycles. The summed E-state index contributed by atoms with van der Waals surface area (Å²) < 4.78 is 32.5. The van der Waals surface area contributed by atoms with Crippen LogP contribution < -0.4 is 20.1 Å². The molecule has 2 saturated carbocycles. The lowest BCUT2D eigenvalue weighted by atomic mass is 9.91. The number of ether oxygens (including phenoxy) is 3. The number of anilines is 1. The van der Waals surface area contributed by atoms with Gasteiger partial charge in [-0.1, -0.05) is 12.1 Å². The highest BCUT2D eigenvalue weighted by Crippen LogP contribution is 2.52. The quantitative estimate of drug-likeness (QED) is 0.442. The van der Waals surface area contributed by atoms with E-state index in [9.17, 15) is 4.79 Å². The molecule has 1 aromatic heterocycles. The Morgan fingerprint density at radius 3 is 2.55 bits per heavy atom. The Labute approximate surface area is 221 Å². The van der Waals surface area contributed by atoms with Gasteiger partial charge >= 0.3 is 6.09 Å². The van der Waals surface area contributed by atoms with Gasteiger partial charge in [0.05, 0.1) is 5.69 Å². The highest BCUT2D eigenvalue weighted by atomic mass is 19.1. The molecule has 9 heteroatoms. The van der Waals surface area contributed by atoms with Crippen molar-refractivity contribution < 1.29 is 23.4 Å². The van der Waals surface area contributed by atoms with Gasteiger partial charge in [0.25, 0.3) is 0 Å². The van der Waals surface area contributed by atoms with Crippen molar-refractivity contribution in [2.24, 2.45) is 0 Å². The molecule has 0 radical (unpaired) electrons. The number of aryl methyl sites for hydroxylation is 1. The van der Waals surface area contributed by atoms with Gasteiger partial charge in [-0.25, -0.2) is 19.2 Å². The van der Waals surface area contributed by atoms with Crippen molar-refractivity contribution in [2.45, 2.75) is 76.5 Å². The van der Waals surface area contributed by atoms with E-state index in [1.54, 1.807) is 0 Å². The third-order valence-corrected chi connectivity index (χ3v) is 7.81. The SMILES string of the molecule is Cc1nc(NC23CCC(NC(=O)OC(C)(C)C)(CC2)C3)nc2c(F)cc(-c3cccc4c3OCCO4)cc12. The van der Waals surface area contributed by atoms with E-state index in [1.165, 1.54) is 6.07 Å². The van der Waals surface area contributed by atoms with Crippen LogP contribution in [-0.2, 0) is 4.74 Å². The monoisotopic (exact) mass is 520 g/mol. The average Bonchev–Trinajstić information content (AvgIpc) is 3.38. The Morgan fingerprint density at radius 1 is 1.05 bits per heavy atom. The molecule has 1 aliphatic heterocycles. The highest BCUT2D eigenvalue weighted by Gasteiger charge is 2.55. The number of benzene rings is 2. The maximum Gasteiger partial charge on any atom is 0.408 e. The summed E-state index contributed by atoms with van der Waals surface area (Å²) in [6.45, 7) is 8.39. The maximum absolute atomic E-state index is 15.5. The number of fused-ring (bicyclic) bond motifs is 4. The average molecular weight is 521 g/mol. The summed E-state index contributed by atoms with van der Waals surface area (Å²) in [6, 6.07) is 9.03. The topological polar surface area (TPSA) is 94.6 Å². The Morgan fingerprint density at radius 2 is 1.79 bits per heavy atom. The molecule has 2 fully saturated rings. The first kappa shape index (κ1) is 24.7. The molecule has 2 aliphatic carbocycles. The zero-order valence-corrected chi connectivity index (χ0v) is 22.2. The zero-order valence-electron chi connectivity index (χ0n) is 22.2. The van der Waals surface area contributed by atoms with Crippen molar-refractivity contribution in [1.29, 1.82) is 0 Å². The fourth-order valence-corrected chi connectivity index (χ4v) is 6.16. The van der Waals surface area contributed by atoms with Crippen LogP contribution in [0.25, 0.3) is 22.0 Å². The minimum Gasteiger partial charge on any atom is -0.486 e. The predicted octanol–water partition coefficient (Wildman–Crippen LogP) is 5.91. The van der Waals surface area contributed by atoms with Gasteiger partial charge in [0, 0.05) is 22.0 Å². The van der Waals surface area contributed by atoms with Crippen molar-refractivity contribution in [2.75, 3.05) is 18.5 Å². The number of amides is 1. The summed E-state index contributed by atoms with van der Waals surface area (Å²) in [7, 11) is 0. The van der Waals surface area contributed by atoms with Gasteiger partial charge in [0.15, 0.2) is 11.5 Å². The third kappa shape index (κ3) is 4.48. The predicted molar refractivity (Wildman–Crippen MR) is 142 cm³/mol. The number of aromatic nitrogens is 2. The molecule has 2 N–H and O–H groups in total. The molecule has 3 aromatic rings. The lowest BCUT2D eigenvalue weighted by molar-refractivity contribution is 0.0458. The molecular weight excluding hydrogens is 487 g/mol. The van der Waals surface area contributed by atoms with Crippen LogP contribution in [0.3, 0.4) is 0 Å². The molecule has 0 atom stereocenters. The summed E-state index contributed by atoms with van der Waals surface area (Å²) in [4.78, 5) is 21.8. The molecule has 2 heterocycles. The number of nitrogens with zero attached hydrogens (tertiary/aromatic N) is 2. The van der Waals surface area contributed by atoms with Gasteiger partial charge in [0.2, 0.25) is 5.95 Å². The highest BCUT2D eigenvalue weighted by molar-refractivity contribution is 5.89. The summed E-state index contributed by atoms with van der Waals surface area (Å²) in [5, 5.41) is 7.29. The number of hydrogen-bond acceptors (Lipinski definition) is 7. The van der Waals surface area contributed by atoms with Gasteiger partial charge in [-0.2, -0.15) is 0 Å². The molecule has 3 aliphatic rings. The van der Waals surface area contributed by atoms with Crippen molar-refractivity contribution in [3.8, 4) is 22.6 Å². The van der Waals surface area contributed by atoms with Crippen LogP contribution in [-0.4, -0.2) is 46.0 Å². The number of nitrogens with one attached hydrogen (secondary N) is 2. The van der Waals surface area contributed by atoms with Crippen LogP contribution in [0.15, 0.2) is 30.3 Å². The van der Waals surface area contributed by atoms with Crippen molar-refractivity contribution >= 4 is 22.9 Å². The number of carbonyl (C=O) groups excluding carboxylic acids is 1. The van der Waals surface area contributed by atoms with Crippen LogP contribution in [0.4, 0.5) is 15.1 Å². The summed E-state index contributed by atoms with van der Waals surface area (Å²) in [5.41, 5.74) is 1.33. The molecule has 2 bridgehead atoms. The maximum atomic E-state index is 15.5. The molecule has 200 valence electrons. The fourth-order valence-electron chi connectivity index (χ4n) is 6.16. The Bertz CT molecular complexity index is 1430. The number of carbonyl (C=O) groups is 1. The van der Waals surface area contributed by atoms with E-state index >= 15 is 4.39 Å². The van der Waals surface area contributed by atoms with E-state index in [4.69, 9.17) is 19.2 Å². The molecule has 1 amide bonds. The van der Waals surface area contributed by atoms with Gasteiger partial charge in [-0.05, 0) is 83.6 Å². The van der Waals surface area contributed by atoms with Gasteiger partial charge in [-0.3, -0.25) is 0 Å². The van der Waals surface area contributed by atoms with E-state index in [-0.39, 0.29) is 22.7 Å². The fraction of sp³-hybridized carbons (Fsp3) is 0.483. The number of halogens is 1. The normalized spacial score (nSPS) is 23.9. The van der Waals surface area contributed by atoms with Crippen LogP contribution >= 0.6 is 0 Å². The Hall–Kier alpha value is -3.62. The summed E-state index contributed by atoms with van der Waals surface area (Å²) >= 11 is 0. The first-order valence-electron chi connectivity index (χ1n) is 13.2. The standard InChI is InChI=1S/C29H33FN4O4/c1-17-20-14-18(19-6-5-7-22-24(19)37-13-12-36-22)15-21(30)23(20)32-25(31-17)33-28-8-10-29(16-28,11-9-28)34-26(35)38-27(2,3)4/h5-7,14-15H,8-13,16H2,1-4H3,(H,34,35)(H,31,32,33). The summed E-state index contributed by atoms with van der Waals surface area (Å²) in [6.07, 6.45) is 3.79. The van der Waals surface area contributed by atoms with Crippen molar-refractivity contribution in [3.05, 3.63) is 41.8 Å². The van der Waals surface area contributed by atoms with E-state index in [0.717, 1.165) is 37.7 Å². The van der Waals surface area contributed by atoms with E-state index in [1.807, 2.05) is 52.0 Å². The van der Waals surface area contributed by atoms with Crippen LogP contribution in [0.5, 0.6) is 11.5 Å². The minimum absolute atomic E-state index is 0.244. The first-order valence-corrected chi connectivity index (χ1v) is 13.2. The minimum atomic E-state index is -0.547. The van der Waals surface area contributed by atoms with Gasteiger partial charge in [-0.15, -0.1) is 0 Å². The number of rotatable bonds is 4. The third-order valence-electron chi connectivity index (χ3n) is 7.81. The Kier molecular flexibility index (Phi) is 5.66. The lowest BCUT2D eigenvalue weighted by Crippen LogP contribution is -2.47. The molecular formula is C29H33FN4O4. The number of para-hydroxylation sites is 1. The largest absolute Gasteiger partial charge is 0.486 e. The summed E-state index contributed by atoms with van der Waals surface area (Å²) in [5.74, 6) is 1.27. The molecule has 38 heavy (non-hydrogen) atoms. The van der Waals surface area contributed by atoms with Crippen LogP contribution in [0.1, 0.15) is 58.6 Å². The first-order chi connectivity index (χ1) is 18.0. The van der Waals surface area contributed by atoms with Gasteiger partial charge < -0.3 is 24.8 Å². The second-order valence-corrected chi connectivity index (χ2v) is 11.8. The van der Waals surface area contributed by atoms with E-state index in [0.29, 0.717) is 47.3 Å². The number of hydrogen-bond donors (Lipinski definition) is 2. The molecule has 8 nitrogen and oxygen atoms in total. The van der Waals surface area contributed by atoms with Crippen molar-refractivity contribution in [1.82, 2.24) is 15.3 Å². The molecule has 0 unspecified atom stereocenters. The van der Waals surface area contributed by atoms with E-state index < -0.39 is 11.4 Å². The van der Waals surface area contributed by atoms with Crippen molar-refractivity contribution in [3.63, 3.8) is 0 Å². The lowest BCUT2D eigenvalue weighted by Gasteiger charge is -2.30. The second kappa shape index (κ2) is 8.71. The van der Waals surface area contributed by atoms with Gasteiger partial charge in [0.1, 0.15) is 30.1 Å². The van der Waals surface area contributed by atoms with Crippen LogP contribution in [0, 0.1) is 12.7 Å². The number of alkyl carbamates (subject to hydrolysis) is 1. The zero-order chi connectivity index (χ0) is 26.7.